The van der Waals surface area contributed by atoms with Crippen LogP contribution in [-0.2, 0) is 20.0 Å². The Balaban J connectivity index is 0.000000396. The third kappa shape index (κ3) is 2.06. The van der Waals surface area contributed by atoms with E-state index in [0.717, 1.165) is 19.5 Å². The molecule has 0 fully saturated rings. The molecule has 1 aliphatic heterocycles. The van der Waals surface area contributed by atoms with Gasteiger partial charge in [-0.15, -0.1) is 0 Å². The molecule has 2 rings (SSSR count). The lowest BCUT2D eigenvalue weighted by Crippen LogP contribution is -2.24. The predicted molar refractivity (Wildman–Crippen MR) is 58.3 cm³/mol. The van der Waals surface area contributed by atoms with Crippen LogP contribution in [0.15, 0.2) is 0 Å². The minimum atomic E-state index is 0.995. The molecule has 0 aromatic carbocycles. The molecule has 0 saturated carbocycles. The molecule has 3 nitrogen and oxygen atoms in total. The van der Waals surface area contributed by atoms with Crippen molar-refractivity contribution in [1.82, 2.24) is 15.1 Å². The van der Waals surface area contributed by atoms with Crippen LogP contribution in [0, 0.1) is 6.92 Å². The smallest absolute Gasteiger partial charge is 0.0641 e. The second-order valence-corrected chi connectivity index (χ2v) is 3.06. The molecule has 13 heavy (non-hydrogen) atoms. The Hall–Kier alpha value is -0.480. The summed E-state index contributed by atoms with van der Waals surface area (Å²) in [7, 11) is 2.02. The maximum atomic E-state index is 4.37. The Morgan fingerprint density at radius 2 is 2.15 bits per heavy atom. The molecule has 0 amide bonds. The largest absolute Gasteiger partial charge is 0.312 e. The number of nitrogens with one attached hydrogen (secondary N) is 1. The summed E-state index contributed by atoms with van der Waals surface area (Å²) in [6, 6.07) is 0. The second-order valence-electron chi connectivity index (χ2n) is 3.06. The van der Waals surface area contributed by atoms with Crippen molar-refractivity contribution in [3.05, 3.63) is 17.0 Å². The van der Waals surface area contributed by atoms with E-state index in [1.807, 2.05) is 11.7 Å². The summed E-state index contributed by atoms with van der Waals surface area (Å²) in [5.41, 5.74) is 3.98. The Bertz CT molecular complexity index is 254. The van der Waals surface area contributed by atoms with Gasteiger partial charge in [-0.25, -0.2) is 0 Å². The van der Waals surface area contributed by atoms with E-state index in [1.54, 1.807) is 6.26 Å². The van der Waals surface area contributed by atoms with Gasteiger partial charge in [-0.3, -0.25) is 4.68 Å². The number of nitrogens with zero attached hydrogens (tertiary/aromatic N) is 2. The molecule has 0 radical (unpaired) electrons. The van der Waals surface area contributed by atoms with E-state index in [2.05, 4.69) is 30.0 Å². The van der Waals surface area contributed by atoms with Crippen LogP contribution >= 0.6 is 12.6 Å². The number of rotatable bonds is 0. The van der Waals surface area contributed by atoms with Crippen molar-refractivity contribution in [2.24, 2.45) is 7.05 Å². The van der Waals surface area contributed by atoms with Crippen LogP contribution in [0.2, 0.25) is 0 Å². The standard InChI is InChI=1S/C8H13N3.CH4S/c1-6-7-5-9-4-3-8(7)11(2)10-6;1-2/h9H,3-5H2,1-2H3;2H,1H3. The number of aryl methyl sites for hydroxylation is 2. The van der Waals surface area contributed by atoms with Crippen LogP contribution in [0.4, 0.5) is 0 Å². The van der Waals surface area contributed by atoms with Crippen LogP contribution in [0.25, 0.3) is 0 Å². The summed E-state index contributed by atoms with van der Waals surface area (Å²) in [6.07, 6.45) is 2.81. The van der Waals surface area contributed by atoms with Crippen LogP contribution in [0.1, 0.15) is 17.0 Å². The first kappa shape index (κ1) is 10.6. The van der Waals surface area contributed by atoms with Gasteiger partial charge in [0.25, 0.3) is 0 Å². The maximum Gasteiger partial charge on any atom is 0.0641 e. The van der Waals surface area contributed by atoms with Crippen molar-refractivity contribution in [2.45, 2.75) is 19.9 Å². The fraction of sp³-hybridized carbons (Fsp3) is 0.667. The third-order valence-corrected chi connectivity index (χ3v) is 2.32. The van der Waals surface area contributed by atoms with Gasteiger partial charge in [0.05, 0.1) is 5.69 Å². The highest BCUT2D eigenvalue weighted by Gasteiger charge is 2.15. The fourth-order valence-electron chi connectivity index (χ4n) is 1.71. The molecule has 0 aliphatic carbocycles. The highest BCUT2D eigenvalue weighted by Crippen LogP contribution is 2.15. The number of fused-ring (bicyclic) bond motifs is 1. The summed E-state index contributed by atoms with van der Waals surface area (Å²) in [5.74, 6) is 0. The topological polar surface area (TPSA) is 29.9 Å². The quantitative estimate of drug-likeness (QED) is 0.609. The Labute approximate surface area is 84.9 Å². The van der Waals surface area contributed by atoms with E-state index in [4.69, 9.17) is 0 Å². The predicted octanol–water partition coefficient (Wildman–Crippen LogP) is 0.920. The monoisotopic (exact) mass is 199 g/mol. The summed E-state index contributed by atoms with van der Waals surface area (Å²) in [6.45, 7) is 4.16. The van der Waals surface area contributed by atoms with Gasteiger partial charge in [0.2, 0.25) is 0 Å². The molecular weight excluding hydrogens is 182 g/mol. The first-order valence-electron chi connectivity index (χ1n) is 4.46. The number of aromatic nitrogens is 2. The van der Waals surface area contributed by atoms with Gasteiger partial charge in [0.15, 0.2) is 0 Å². The van der Waals surface area contributed by atoms with Gasteiger partial charge in [-0.2, -0.15) is 17.7 Å². The molecule has 2 heterocycles. The Kier molecular flexibility index (Phi) is 3.81. The highest BCUT2D eigenvalue weighted by molar-refractivity contribution is 7.79. The van der Waals surface area contributed by atoms with E-state index in [-0.39, 0.29) is 0 Å². The molecule has 0 bridgehead atoms. The van der Waals surface area contributed by atoms with E-state index in [0.29, 0.717) is 0 Å². The second kappa shape index (κ2) is 4.67. The van der Waals surface area contributed by atoms with Gasteiger partial charge in [0.1, 0.15) is 0 Å². The molecule has 74 valence electrons. The van der Waals surface area contributed by atoms with Crippen LogP contribution < -0.4 is 5.32 Å². The average Bonchev–Trinajstić information content (AvgIpc) is 2.47. The van der Waals surface area contributed by atoms with Gasteiger partial charge in [-0.1, -0.05) is 0 Å². The zero-order valence-corrected chi connectivity index (χ0v) is 9.36. The average molecular weight is 199 g/mol. The molecule has 4 heteroatoms. The summed E-state index contributed by atoms with van der Waals surface area (Å²) in [5, 5.41) is 7.71. The van der Waals surface area contributed by atoms with Gasteiger partial charge in [0, 0.05) is 37.8 Å². The number of hydrogen-bond acceptors (Lipinski definition) is 3. The van der Waals surface area contributed by atoms with Gasteiger partial charge < -0.3 is 5.32 Å². The molecule has 1 N–H and O–H groups in total. The van der Waals surface area contributed by atoms with Crippen molar-refractivity contribution in [1.29, 1.82) is 0 Å². The van der Waals surface area contributed by atoms with Crippen LogP contribution in [-0.4, -0.2) is 22.6 Å². The van der Waals surface area contributed by atoms with E-state index in [9.17, 15) is 0 Å². The van der Waals surface area contributed by atoms with Crippen LogP contribution in [0.3, 0.4) is 0 Å². The highest BCUT2D eigenvalue weighted by atomic mass is 32.1. The normalized spacial score (nSPS) is 14.5. The van der Waals surface area contributed by atoms with Crippen molar-refractivity contribution in [3.63, 3.8) is 0 Å². The van der Waals surface area contributed by atoms with Crippen LogP contribution in [0.5, 0.6) is 0 Å². The number of hydrogen-bond donors (Lipinski definition) is 2. The molecule has 0 atom stereocenters. The van der Waals surface area contributed by atoms with E-state index < -0.39 is 0 Å². The Morgan fingerprint density at radius 1 is 1.46 bits per heavy atom. The molecule has 0 spiro atoms. The van der Waals surface area contributed by atoms with Crippen molar-refractivity contribution < 1.29 is 0 Å². The van der Waals surface area contributed by atoms with Crippen molar-refractivity contribution in [2.75, 3.05) is 12.8 Å². The molecule has 1 aliphatic rings. The lowest BCUT2D eigenvalue weighted by atomic mass is 10.1. The third-order valence-electron chi connectivity index (χ3n) is 2.32. The van der Waals surface area contributed by atoms with Crippen molar-refractivity contribution >= 4 is 12.6 Å². The first-order valence-corrected chi connectivity index (χ1v) is 5.35. The molecule has 1 aromatic heterocycles. The summed E-state index contributed by atoms with van der Waals surface area (Å²) in [4.78, 5) is 0. The molecule has 0 unspecified atom stereocenters. The zero-order chi connectivity index (χ0) is 9.84. The van der Waals surface area contributed by atoms with E-state index in [1.165, 1.54) is 17.0 Å². The van der Waals surface area contributed by atoms with E-state index >= 15 is 0 Å². The summed E-state index contributed by atoms with van der Waals surface area (Å²) < 4.78 is 2.01. The lowest BCUT2D eigenvalue weighted by molar-refractivity contribution is 0.604. The fourth-order valence-corrected chi connectivity index (χ4v) is 1.71. The minimum absolute atomic E-state index is 0.995. The molecular formula is C9H17N3S. The Morgan fingerprint density at radius 3 is 2.77 bits per heavy atom. The van der Waals surface area contributed by atoms with Crippen molar-refractivity contribution in [3.8, 4) is 0 Å². The van der Waals surface area contributed by atoms with Gasteiger partial charge in [-0.05, 0) is 13.2 Å². The zero-order valence-electron chi connectivity index (χ0n) is 8.46. The summed E-state index contributed by atoms with van der Waals surface area (Å²) >= 11 is 3.53. The SMILES string of the molecule is CS.Cc1nn(C)c2c1CNCC2. The van der Waals surface area contributed by atoms with Gasteiger partial charge >= 0.3 is 0 Å². The lowest BCUT2D eigenvalue weighted by Gasteiger charge is -2.13. The minimum Gasteiger partial charge on any atom is -0.312 e. The molecule has 0 saturated heterocycles. The number of thiol groups is 1. The molecule has 1 aromatic rings. The maximum absolute atomic E-state index is 4.37. The first-order chi connectivity index (χ1) is 6.29.